The topological polar surface area (TPSA) is 50.8 Å². The number of carbonyl (C=O) groups excluding carboxylic acids is 1. The van der Waals surface area contributed by atoms with Gasteiger partial charge in [-0.3, -0.25) is 4.79 Å². The van der Waals surface area contributed by atoms with Gasteiger partial charge in [0, 0.05) is 19.7 Å². The number of hydrogen-bond donors (Lipinski definition) is 1. The van der Waals surface area contributed by atoms with Crippen molar-refractivity contribution in [1.29, 1.82) is 0 Å². The normalized spacial score (nSPS) is 14.6. The number of ether oxygens (including phenoxy) is 2. The minimum Gasteiger partial charge on any atom is -0.465 e. The SMILES string of the molecule is CCNC(C)(CN(C)CCOCC)C(=O)OCC. The molecule has 5 heteroatoms. The lowest BCUT2D eigenvalue weighted by Gasteiger charge is -2.32. The molecule has 0 aliphatic heterocycles. The Labute approximate surface area is 111 Å². The Hall–Kier alpha value is -0.650. The monoisotopic (exact) mass is 260 g/mol. The summed E-state index contributed by atoms with van der Waals surface area (Å²) in [5, 5.41) is 3.21. The van der Waals surface area contributed by atoms with Crippen molar-refractivity contribution < 1.29 is 14.3 Å². The number of nitrogens with zero attached hydrogens (tertiary/aromatic N) is 1. The molecule has 0 spiro atoms. The van der Waals surface area contributed by atoms with Crippen LogP contribution in [0, 0.1) is 0 Å². The molecular formula is C13H28N2O3. The molecule has 108 valence electrons. The Bertz CT molecular complexity index is 236. The maximum Gasteiger partial charge on any atom is 0.327 e. The van der Waals surface area contributed by atoms with E-state index >= 15 is 0 Å². The summed E-state index contributed by atoms with van der Waals surface area (Å²) < 4.78 is 10.4. The molecule has 0 aromatic rings. The van der Waals surface area contributed by atoms with Crippen molar-refractivity contribution in [3.8, 4) is 0 Å². The molecule has 0 saturated carbocycles. The highest BCUT2D eigenvalue weighted by molar-refractivity contribution is 5.80. The number of nitrogens with one attached hydrogen (secondary N) is 1. The van der Waals surface area contributed by atoms with Crippen LogP contribution >= 0.6 is 0 Å². The Kier molecular flexibility index (Phi) is 8.97. The molecule has 0 aromatic heterocycles. The van der Waals surface area contributed by atoms with Crippen molar-refractivity contribution in [3.63, 3.8) is 0 Å². The summed E-state index contributed by atoms with van der Waals surface area (Å²) in [5.41, 5.74) is -0.661. The Morgan fingerprint density at radius 3 is 2.44 bits per heavy atom. The summed E-state index contributed by atoms with van der Waals surface area (Å²) in [6.45, 7) is 11.6. The summed E-state index contributed by atoms with van der Waals surface area (Å²) in [6, 6.07) is 0. The first-order valence-electron chi connectivity index (χ1n) is 6.68. The third-order valence-corrected chi connectivity index (χ3v) is 2.70. The van der Waals surface area contributed by atoms with Gasteiger partial charge < -0.3 is 19.7 Å². The predicted octanol–water partition coefficient (Wildman–Crippen LogP) is 0.886. The molecule has 1 unspecified atom stereocenters. The van der Waals surface area contributed by atoms with Crippen molar-refractivity contribution in [2.45, 2.75) is 33.2 Å². The smallest absolute Gasteiger partial charge is 0.327 e. The molecule has 5 nitrogen and oxygen atoms in total. The van der Waals surface area contributed by atoms with E-state index in [9.17, 15) is 4.79 Å². The summed E-state index contributed by atoms with van der Waals surface area (Å²) >= 11 is 0. The summed E-state index contributed by atoms with van der Waals surface area (Å²) in [6.07, 6.45) is 0. The molecule has 18 heavy (non-hydrogen) atoms. The van der Waals surface area contributed by atoms with Crippen LogP contribution in [0.15, 0.2) is 0 Å². The van der Waals surface area contributed by atoms with E-state index in [0.717, 1.165) is 19.7 Å². The van der Waals surface area contributed by atoms with Gasteiger partial charge in [0.2, 0.25) is 0 Å². The zero-order chi connectivity index (χ0) is 14.0. The van der Waals surface area contributed by atoms with Crippen molar-refractivity contribution in [2.24, 2.45) is 0 Å². The van der Waals surface area contributed by atoms with Crippen LogP contribution < -0.4 is 5.32 Å². The quantitative estimate of drug-likeness (QED) is 0.467. The lowest BCUT2D eigenvalue weighted by Crippen LogP contribution is -2.57. The maximum atomic E-state index is 12.0. The Morgan fingerprint density at radius 1 is 1.28 bits per heavy atom. The molecule has 1 N–H and O–H groups in total. The van der Waals surface area contributed by atoms with Crippen LogP contribution in [0.5, 0.6) is 0 Å². The fourth-order valence-corrected chi connectivity index (χ4v) is 1.86. The van der Waals surface area contributed by atoms with Gasteiger partial charge in [-0.2, -0.15) is 0 Å². The molecule has 0 saturated heterocycles. The van der Waals surface area contributed by atoms with E-state index in [0.29, 0.717) is 19.8 Å². The lowest BCUT2D eigenvalue weighted by atomic mass is 10.0. The zero-order valence-electron chi connectivity index (χ0n) is 12.4. The van der Waals surface area contributed by atoms with Crippen LogP contribution in [-0.2, 0) is 14.3 Å². The minimum absolute atomic E-state index is 0.199. The van der Waals surface area contributed by atoms with Gasteiger partial charge in [0.1, 0.15) is 5.54 Å². The number of rotatable bonds is 10. The second kappa shape index (κ2) is 9.30. The highest BCUT2D eigenvalue weighted by atomic mass is 16.5. The fourth-order valence-electron chi connectivity index (χ4n) is 1.86. The average molecular weight is 260 g/mol. The van der Waals surface area contributed by atoms with Crippen LogP contribution in [-0.4, -0.2) is 62.9 Å². The van der Waals surface area contributed by atoms with E-state index in [1.807, 2.05) is 34.7 Å². The maximum absolute atomic E-state index is 12.0. The molecule has 0 rings (SSSR count). The van der Waals surface area contributed by atoms with Gasteiger partial charge in [-0.15, -0.1) is 0 Å². The molecule has 0 amide bonds. The van der Waals surface area contributed by atoms with Crippen molar-refractivity contribution in [1.82, 2.24) is 10.2 Å². The van der Waals surface area contributed by atoms with E-state index in [4.69, 9.17) is 9.47 Å². The number of esters is 1. The first kappa shape index (κ1) is 17.4. The van der Waals surface area contributed by atoms with Gasteiger partial charge in [-0.05, 0) is 34.4 Å². The fraction of sp³-hybridized carbons (Fsp3) is 0.923. The molecule has 0 aliphatic rings. The largest absolute Gasteiger partial charge is 0.465 e. The van der Waals surface area contributed by atoms with E-state index in [1.54, 1.807) is 0 Å². The third-order valence-electron chi connectivity index (χ3n) is 2.70. The summed E-state index contributed by atoms with van der Waals surface area (Å²) in [7, 11) is 1.98. The van der Waals surface area contributed by atoms with E-state index < -0.39 is 5.54 Å². The highest BCUT2D eigenvalue weighted by Gasteiger charge is 2.34. The molecule has 0 aromatic carbocycles. The van der Waals surface area contributed by atoms with Gasteiger partial charge in [0.15, 0.2) is 0 Å². The van der Waals surface area contributed by atoms with Crippen LogP contribution in [0.2, 0.25) is 0 Å². The molecule has 1 atom stereocenters. The number of carbonyl (C=O) groups is 1. The number of likely N-dealkylation sites (N-methyl/N-ethyl adjacent to an activating group) is 2. The van der Waals surface area contributed by atoms with Gasteiger partial charge in [0.05, 0.1) is 13.2 Å². The average Bonchev–Trinajstić information content (AvgIpc) is 2.29. The first-order chi connectivity index (χ1) is 8.50. The van der Waals surface area contributed by atoms with Crippen molar-refractivity contribution in [3.05, 3.63) is 0 Å². The van der Waals surface area contributed by atoms with Crippen LogP contribution in [0.1, 0.15) is 27.7 Å². The summed E-state index contributed by atoms with van der Waals surface area (Å²) in [4.78, 5) is 14.1. The van der Waals surface area contributed by atoms with Crippen LogP contribution in [0.25, 0.3) is 0 Å². The summed E-state index contributed by atoms with van der Waals surface area (Å²) in [5.74, 6) is -0.199. The molecule has 0 fully saturated rings. The molecule has 0 heterocycles. The van der Waals surface area contributed by atoms with Crippen molar-refractivity contribution >= 4 is 5.97 Å². The third kappa shape index (κ3) is 6.33. The number of hydrogen-bond acceptors (Lipinski definition) is 5. The highest BCUT2D eigenvalue weighted by Crippen LogP contribution is 2.09. The van der Waals surface area contributed by atoms with E-state index in [-0.39, 0.29) is 5.97 Å². The van der Waals surface area contributed by atoms with Crippen LogP contribution in [0.4, 0.5) is 0 Å². The molecule has 0 aliphatic carbocycles. The molecule has 0 radical (unpaired) electrons. The van der Waals surface area contributed by atoms with Gasteiger partial charge in [0.25, 0.3) is 0 Å². The van der Waals surface area contributed by atoms with E-state index in [2.05, 4.69) is 10.2 Å². The van der Waals surface area contributed by atoms with Crippen molar-refractivity contribution in [2.75, 3.05) is 46.5 Å². The Balaban J connectivity index is 4.35. The molecular weight excluding hydrogens is 232 g/mol. The van der Waals surface area contributed by atoms with Crippen LogP contribution in [0.3, 0.4) is 0 Å². The second-order valence-electron chi connectivity index (χ2n) is 4.52. The molecule has 0 bridgehead atoms. The van der Waals surface area contributed by atoms with Gasteiger partial charge >= 0.3 is 5.97 Å². The van der Waals surface area contributed by atoms with Gasteiger partial charge in [-0.25, -0.2) is 0 Å². The Morgan fingerprint density at radius 2 is 1.94 bits per heavy atom. The zero-order valence-corrected chi connectivity index (χ0v) is 12.4. The minimum atomic E-state index is -0.661. The predicted molar refractivity (Wildman–Crippen MR) is 72.7 cm³/mol. The van der Waals surface area contributed by atoms with E-state index in [1.165, 1.54) is 0 Å². The first-order valence-corrected chi connectivity index (χ1v) is 6.68. The lowest BCUT2D eigenvalue weighted by molar-refractivity contribution is -0.151. The second-order valence-corrected chi connectivity index (χ2v) is 4.52. The van der Waals surface area contributed by atoms with Gasteiger partial charge in [-0.1, -0.05) is 6.92 Å². The standard InChI is InChI=1S/C13H28N2O3/c1-6-14-13(4,12(16)18-8-3)11-15(5)9-10-17-7-2/h14H,6-11H2,1-5H3.